The zero-order valence-corrected chi connectivity index (χ0v) is 17.6. The van der Waals surface area contributed by atoms with Crippen LogP contribution in [0.25, 0.3) is 17.0 Å². The van der Waals surface area contributed by atoms with Gasteiger partial charge >= 0.3 is 0 Å². The second-order valence-electron chi connectivity index (χ2n) is 7.16. The van der Waals surface area contributed by atoms with Crippen molar-refractivity contribution >= 4 is 28.8 Å². The van der Waals surface area contributed by atoms with Crippen LogP contribution < -0.4 is 15.4 Å². The Labute approximate surface area is 185 Å². The Bertz CT molecular complexity index is 1280. The number of hydrogen-bond acceptors (Lipinski definition) is 3. The van der Waals surface area contributed by atoms with Gasteiger partial charge in [-0.05, 0) is 30.3 Å². The summed E-state index contributed by atoms with van der Waals surface area (Å²) in [6.07, 6.45) is 3.49. The highest BCUT2D eigenvalue weighted by Crippen LogP contribution is 2.21. The molecular weight excluding hydrogens is 402 g/mol. The number of ether oxygens (including phenoxy) is 1. The first kappa shape index (κ1) is 20.9. The largest absolute Gasteiger partial charge is 0.496 e. The molecule has 3 N–H and O–H groups in total. The van der Waals surface area contributed by atoms with E-state index in [1.54, 1.807) is 37.5 Å². The summed E-state index contributed by atoms with van der Waals surface area (Å²) in [6.45, 7) is 0.259. The zero-order valence-electron chi connectivity index (χ0n) is 17.6. The summed E-state index contributed by atoms with van der Waals surface area (Å²) in [5, 5.41) is 6.60. The Hall–Kier alpha value is -4.32. The molecule has 4 aromatic rings. The van der Waals surface area contributed by atoms with Gasteiger partial charge in [0, 0.05) is 40.3 Å². The van der Waals surface area contributed by atoms with Crippen LogP contribution >= 0.6 is 0 Å². The number of carbonyl (C=O) groups is 2. The summed E-state index contributed by atoms with van der Waals surface area (Å²) in [6, 6.07) is 24.0. The van der Waals surface area contributed by atoms with E-state index in [9.17, 15) is 9.59 Å². The molecule has 0 fully saturated rings. The lowest BCUT2D eigenvalue weighted by Crippen LogP contribution is -2.34. The first-order valence-corrected chi connectivity index (χ1v) is 10.2. The highest BCUT2D eigenvalue weighted by molar-refractivity contribution is 6.06. The van der Waals surface area contributed by atoms with Crippen molar-refractivity contribution in [2.45, 2.75) is 6.54 Å². The van der Waals surface area contributed by atoms with Gasteiger partial charge in [-0.2, -0.15) is 0 Å². The van der Waals surface area contributed by atoms with Crippen LogP contribution in [0.2, 0.25) is 0 Å². The fourth-order valence-electron chi connectivity index (χ4n) is 3.43. The first-order valence-electron chi connectivity index (χ1n) is 10.2. The van der Waals surface area contributed by atoms with Crippen LogP contribution in [0.5, 0.6) is 5.75 Å². The summed E-state index contributed by atoms with van der Waals surface area (Å²) >= 11 is 0. The number of rotatable bonds is 7. The van der Waals surface area contributed by atoms with Gasteiger partial charge in [0.05, 0.1) is 7.11 Å². The average Bonchev–Trinajstić information content (AvgIpc) is 3.25. The number of benzene rings is 3. The molecule has 32 heavy (non-hydrogen) atoms. The molecule has 0 radical (unpaired) electrons. The van der Waals surface area contributed by atoms with E-state index in [4.69, 9.17) is 4.74 Å². The van der Waals surface area contributed by atoms with Gasteiger partial charge in [-0.15, -0.1) is 0 Å². The van der Waals surface area contributed by atoms with E-state index >= 15 is 0 Å². The quantitative estimate of drug-likeness (QED) is 0.387. The maximum atomic E-state index is 13.1. The molecule has 6 nitrogen and oxygen atoms in total. The molecule has 0 aliphatic rings. The molecule has 0 aliphatic heterocycles. The maximum Gasteiger partial charge on any atom is 0.268 e. The molecule has 3 aromatic carbocycles. The molecule has 0 aliphatic carbocycles. The predicted molar refractivity (Wildman–Crippen MR) is 125 cm³/mol. The topological polar surface area (TPSA) is 83.2 Å². The van der Waals surface area contributed by atoms with Gasteiger partial charge in [-0.1, -0.05) is 54.6 Å². The molecule has 0 atom stereocenters. The van der Waals surface area contributed by atoms with Crippen LogP contribution in [-0.4, -0.2) is 23.9 Å². The van der Waals surface area contributed by atoms with E-state index in [-0.39, 0.29) is 18.1 Å². The fraction of sp³-hybridized carbons (Fsp3) is 0.0769. The number of aromatic nitrogens is 1. The van der Waals surface area contributed by atoms with Crippen LogP contribution in [0.15, 0.2) is 90.8 Å². The summed E-state index contributed by atoms with van der Waals surface area (Å²) in [7, 11) is 1.59. The van der Waals surface area contributed by atoms with Crippen LogP contribution in [-0.2, 0) is 11.3 Å². The van der Waals surface area contributed by atoms with Gasteiger partial charge in [0.25, 0.3) is 11.8 Å². The Morgan fingerprint density at radius 1 is 0.938 bits per heavy atom. The lowest BCUT2D eigenvalue weighted by molar-refractivity contribution is -0.117. The maximum absolute atomic E-state index is 13.1. The molecule has 0 spiro atoms. The number of hydrogen-bond donors (Lipinski definition) is 3. The number of H-pyrrole nitrogens is 1. The van der Waals surface area contributed by atoms with Gasteiger partial charge in [-0.3, -0.25) is 9.59 Å². The van der Waals surface area contributed by atoms with E-state index in [0.717, 1.165) is 22.0 Å². The minimum atomic E-state index is -0.398. The van der Waals surface area contributed by atoms with Crippen LogP contribution in [0.3, 0.4) is 0 Å². The zero-order chi connectivity index (χ0) is 22.3. The molecule has 1 aromatic heterocycles. The molecule has 0 saturated heterocycles. The highest BCUT2D eigenvalue weighted by atomic mass is 16.5. The SMILES string of the molecule is COc1ccccc1CNC(=O)C(=Cc1c[nH]c2ccccc12)NC(=O)c1ccccc1. The number of carbonyl (C=O) groups excluding carboxylic acids is 2. The van der Waals surface area contributed by atoms with Crippen LogP contribution in [0, 0.1) is 0 Å². The third-order valence-corrected chi connectivity index (χ3v) is 5.08. The van der Waals surface area contributed by atoms with Gasteiger partial charge in [0.2, 0.25) is 0 Å². The van der Waals surface area contributed by atoms with Crippen LogP contribution in [0.4, 0.5) is 0 Å². The third kappa shape index (κ3) is 4.70. The molecule has 1 heterocycles. The van der Waals surface area contributed by atoms with E-state index in [1.807, 2.05) is 60.8 Å². The second kappa shape index (κ2) is 9.66. The summed E-state index contributed by atoms with van der Waals surface area (Å²) in [4.78, 5) is 29.1. The highest BCUT2D eigenvalue weighted by Gasteiger charge is 2.16. The summed E-state index contributed by atoms with van der Waals surface area (Å²) in [5.74, 6) is -0.0714. The van der Waals surface area contributed by atoms with Crippen molar-refractivity contribution in [2.24, 2.45) is 0 Å². The molecular formula is C26H23N3O3. The Balaban J connectivity index is 1.62. The molecule has 4 rings (SSSR count). The lowest BCUT2D eigenvalue weighted by atomic mass is 10.1. The lowest BCUT2D eigenvalue weighted by Gasteiger charge is -2.13. The standard InChI is InChI=1S/C26H23N3O3/c1-32-24-14-8-5-11-19(24)16-28-26(31)23(29-25(30)18-9-3-2-4-10-18)15-20-17-27-22-13-7-6-12-21(20)22/h2-15,17,27H,16H2,1H3,(H,28,31)(H,29,30). The molecule has 0 bridgehead atoms. The van der Waals surface area contributed by atoms with E-state index < -0.39 is 5.91 Å². The normalized spacial score (nSPS) is 11.2. The summed E-state index contributed by atoms with van der Waals surface area (Å²) < 4.78 is 5.35. The van der Waals surface area contributed by atoms with Crippen molar-refractivity contribution < 1.29 is 14.3 Å². The first-order chi connectivity index (χ1) is 15.7. The van der Waals surface area contributed by atoms with Crippen molar-refractivity contribution in [1.29, 1.82) is 0 Å². The molecule has 160 valence electrons. The number of nitrogens with one attached hydrogen (secondary N) is 3. The van der Waals surface area contributed by atoms with Crippen LogP contribution in [0.1, 0.15) is 21.5 Å². The second-order valence-corrected chi connectivity index (χ2v) is 7.16. The van der Waals surface area contributed by atoms with E-state index in [2.05, 4.69) is 15.6 Å². The number of para-hydroxylation sites is 2. The van der Waals surface area contributed by atoms with Gasteiger partial charge in [0.15, 0.2) is 0 Å². The van der Waals surface area contributed by atoms with Crippen molar-refractivity contribution in [1.82, 2.24) is 15.6 Å². The monoisotopic (exact) mass is 425 g/mol. The minimum absolute atomic E-state index is 0.151. The number of fused-ring (bicyclic) bond motifs is 1. The Morgan fingerprint density at radius 3 is 2.47 bits per heavy atom. The number of aromatic amines is 1. The molecule has 0 unspecified atom stereocenters. The molecule has 6 heteroatoms. The van der Waals surface area contributed by atoms with Crippen molar-refractivity contribution in [3.63, 3.8) is 0 Å². The fourth-order valence-corrected chi connectivity index (χ4v) is 3.43. The minimum Gasteiger partial charge on any atom is -0.496 e. The van der Waals surface area contributed by atoms with Crippen molar-refractivity contribution in [3.05, 3.63) is 107 Å². The van der Waals surface area contributed by atoms with Gasteiger partial charge < -0.3 is 20.4 Å². The smallest absolute Gasteiger partial charge is 0.268 e. The average molecular weight is 425 g/mol. The predicted octanol–water partition coefficient (Wildman–Crippen LogP) is 4.26. The number of amides is 2. The van der Waals surface area contributed by atoms with Crippen molar-refractivity contribution in [2.75, 3.05) is 7.11 Å². The van der Waals surface area contributed by atoms with Crippen molar-refractivity contribution in [3.8, 4) is 5.75 Å². The molecule has 2 amide bonds. The third-order valence-electron chi connectivity index (χ3n) is 5.08. The number of methoxy groups -OCH3 is 1. The Morgan fingerprint density at radius 2 is 1.66 bits per heavy atom. The van der Waals surface area contributed by atoms with Gasteiger partial charge in [0.1, 0.15) is 11.4 Å². The van der Waals surface area contributed by atoms with Gasteiger partial charge in [-0.25, -0.2) is 0 Å². The molecule has 0 saturated carbocycles. The van der Waals surface area contributed by atoms with E-state index in [1.165, 1.54) is 0 Å². The summed E-state index contributed by atoms with van der Waals surface area (Å²) in [5.41, 5.74) is 3.20. The van der Waals surface area contributed by atoms with E-state index in [0.29, 0.717) is 11.3 Å². The Kier molecular flexibility index (Phi) is 6.32.